The summed E-state index contributed by atoms with van der Waals surface area (Å²) in [6.07, 6.45) is 56.8. The number of carbonyl (C=O) groups excluding carboxylic acids is 3. The lowest BCUT2D eigenvalue weighted by Gasteiger charge is -2.18. The van der Waals surface area contributed by atoms with Crippen molar-refractivity contribution in [2.75, 3.05) is 13.2 Å². The Balaban J connectivity index is 4.49. The predicted molar refractivity (Wildman–Crippen MR) is 237 cm³/mol. The van der Waals surface area contributed by atoms with Crippen molar-refractivity contribution in [1.29, 1.82) is 0 Å². The average molecular weight is 777 g/mol. The maximum atomic E-state index is 12.7. The van der Waals surface area contributed by atoms with Crippen molar-refractivity contribution in [2.24, 2.45) is 0 Å². The van der Waals surface area contributed by atoms with E-state index in [1.165, 1.54) is 25.7 Å². The monoisotopic (exact) mass is 777 g/mol. The number of hydrogen-bond donors (Lipinski definition) is 0. The minimum Gasteiger partial charge on any atom is -0.462 e. The van der Waals surface area contributed by atoms with E-state index in [9.17, 15) is 14.4 Å². The third-order valence-corrected chi connectivity index (χ3v) is 8.90. The van der Waals surface area contributed by atoms with Gasteiger partial charge in [-0.2, -0.15) is 0 Å². The van der Waals surface area contributed by atoms with Crippen molar-refractivity contribution in [3.63, 3.8) is 0 Å². The smallest absolute Gasteiger partial charge is 0.306 e. The molecule has 0 aromatic heterocycles. The molecule has 0 bridgehead atoms. The molecular formula is C50H80O6. The van der Waals surface area contributed by atoms with Crippen LogP contribution < -0.4 is 0 Å². The number of carbonyl (C=O) groups is 3. The van der Waals surface area contributed by atoms with E-state index in [-0.39, 0.29) is 37.5 Å². The lowest BCUT2D eigenvalue weighted by atomic mass is 10.1. The summed E-state index contributed by atoms with van der Waals surface area (Å²) in [5.41, 5.74) is 0. The molecule has 56 heavy (non-hydrogen) atoms. The van der Waals surface area contributed by atoms with Crippen LogP contribution in [0.3, 0.4) is 0 Å². The van der Waals surface area contributed by atoms with Crippen molar-refractivity contribution in [3.05, 3.63) is 97.2 Å². The Labute approximate surface area is 343 Å². The van der Waals surface area contributed by atoms with Crippen LogP contribution in [0.2, 0.25) is 0 Å². The highest BCUT2D eigenvalue weighted by molar-refractivity contribution is 5.71. The molecule has 0 spiro atoms. The molecule has 0 aliphatic carbocycles. The van der Waals surface area contributed by atoms with Gasteiger partial charge in [0.15, 0.2) is 6.10 Å². The third kappa shape index (κ3) is 41.5. The molecule has 1 unspecified atom stereocenters. The molecule has 0 saturated carbocycles. The lowest BCUT2D eigenvalue weighted by Crippen LogP contribution is -2.30. The summed E-state index contributed by atoms with van der Waals surface area (Å²) in [7, 11) is 0. The largest absolute Gasteiger partial charge is 0.462 e. The van der Waals surface area contributed by atoms with Gasteiger partial charge in [-0.15, -0.1) is 0 Å². The number of unbranched alkanes of at least 4 members (excludes halogenated alkanes) is 14. The third-order valence-electron chi connectivity index (χ3n) is 8.90. The maximum Gasteiger partial charge on any atom is 0.306 e. The van der Waals surface area contributed by atoms with E-state index >= 15 is 0 Å². The van der Waals surface area contributed by atoms with E-state index < -0.39 is 6.10 Å². The fourth-order valence-corrected chi connectivity index (χ4v) is 5.59. The van der Waals surface area contributed by atoms with Crippen molar-refractivity contribution < 1.29 is 28.6 Å². The van der Waals surface area contributed by atoms with Crippen molar-refractivity contribution in [2.45, 2.75) is 187 Å². The van der Waals surface area contributed by atoms with E-state index in [2.05, 4.69) is 93.7 Å². The van der Waals surface area contributed by atoms with E-state index in [4.69, 9.17) is 14.2 Å². The van der Waals surface area contributed by atoms with Crippen molar-refractivity contribution in [1.82, 2.24) is 0 Å². The minimum absolute atomic E-state index is 0.110. The second-order valence-corrected chi connectivity index (χ2v) is 14.3. The second kappa shape index (κ2) is 44.0. The highest BCUT2D eigenvalue weighted by Crippen LogP contribution is 2.12. The summed E-state index contributed by atoms with van der Waals surface area (Å²) in [6.45, 7) is 6.25. The van der Waals surface area contributed by atoms with E-state index in [0.29, 0.717) is 19.3 Å². The van der Waals surface area contributed by atoms with Gasteiger partial charge in [-0.3, -0.25) is 14.4 Å². The first-order chi connectivity index (χ1) is 27.5. The van der Waals surface area contributed by atoms with Gasteiger partial charge in [0.2, 0.25) is 0 Å². The molecule has 316 valence electrons. The fraction of sp³-hybridized carbons (Fsp3) is 0.620. The topological polar surface area (TPSA) is 78.9 Å². The Hall–Kier alpha value is -3.67. The molecule has 6 nitrogen and oxygen atoms in total. The molecule has 0 radical (unpaired) electrons. The Morgan fingerprint density at radius 3 is 1.39 bits per heavy atom. The minimum atomic E-state index is -0.808. The standard InChI is InChI=1S/C50H80O6/c1-4-7-10-13-16-19-21-23-25-27-28-31-34-37-40-43-49(52)55-46-47(45-54-48(51)42-39-36-33-30-18-15-12-9-6-3)56-50(53)44-41-38-35-32-29-26-24-22-20-17-14-11-8-5-2/h7-8,10-11,13,16-17,19-21,23-26,30,33,47H,4-6,9,12,14-15,18,22,27-29,31-32,34-46H2,1-3H3/b10-7-,11-8-,16-13-,20-17-,21-19-,25-23-,26-24-,33-30-. The van der Waals surface area contributed by atoms with Gasteiger partial charge in [-0.1, -0.05) is 169 Å². The van der Waals surface area contributed by atoms with Gasteiger partial charge < -0.3 is 14.2 Å². The normalized spacial score (nSPS) is 13.0. The zero-order valence-corrected chi connectivity index (χ0v) is 35.9. The van der Waals surface area contributed by atoms with Crippen LogP contribution in [0.25, 0.3) is 0 Å². The van der Waals surface area contributed by atoms with E-state index in [1.807, 2.05) is 24.3 Å². The Morgan fingerprint density at radius 1 is 0.393 bits per heavy atom. The number of allylic oxidation sites excluding steroid dienone is 16. The van der Waals surface area contributed by atoms with Crippen LogP contribution in [0.4, 0.5) is 0 Å². The van der Waals surface area contributed by atoms with E-state index in [1.54, 1.807) is 0 Å². The molecule has 0 aromatic carbocycles. The zero-order chi connectivity index (χ0) is 40.8. The van der Waals surface area contributed by atoms with Crippen LogP contribution in [0.5, 0.6) is 0 Å². The average Bonchev–Trinajstić information content (AvgIpc) is 3.19. The summed E-state index contributed by atoms with van der Waals surface area (Å²) in [4.78, 5) is 37.7. The van der Waals surface area contributed by atoms with Crippen LogP contribution in [0.1, 0.15) is 181 Å². The summed E-state index contributed by atoms with van der Waals surface area (Å²) in [5, 5.41) is 0. The van der Waals surface area contributed by atoms with Gasteiger partial charge in [-0.25, -0.2) is 0 Å². The molecule has 6 heteroatoms. The van der Waals surface area contributed by atoms with Crippen molar-refractivity contribution in [3.8, 4) is 0 Å². The van der Waals surface area contributed by atoms with Crippen LogP contribution in [0, 0.1) is 0 Å². The Morgan fingerprint density at radius 2 is 0.804 bits per heavy atom. The SMILES string of the molecule is CC\C=C/C=C\C=C/C=C\CCCCCCCC(=O)OCC(COC(=O)CCC/C=C\CCCCCC)OC(=O)CCCCCC/C=C\C/C=C\C/C=C\CC. The first kappa shape index (κ1) is 52.3. The van der Waals surface area contributed by atoms with E-state index in [0.717, 1.165) is 109 Å². The second-order valence-electron chi connectivity index (χ2n) is 14.3. The number of ether oxygens (including phenoxy) is 3. The Kier molecular flexibility index (Phi) is 41.2. The van der Waals surface area contributed by atoms with Gasteiger partial charge in [0.25, 0.3) is 0 Å². The number of hydrogen-bond acceptors (Lipinski definition) is 6. The predicted octanol–water partition coefficient (Wildman–Crippen LogP) is 14.2. The zero-order valence-electron chi connectivity index (χ0n) is 35.9. The molecule has 0 amide bonds. The van der Waals surface area contributed by atoms with Crippen LogP contribution in [-0.2, 0) is 28.6 Å². The molecule has 1 atom stereocenters. The molecule has 0 aliphatic heterocycles. The highest BCUT2D eigenvalue weighted by atomic mass is 16.6. The van der Waals surface area contributed by atoms with Crippen molar-refractivity contribution >= 4 is 17.9 Å². The van der Waals surface area contributed by atoms with Gasteiger partial charge in [0, 0.05) is 19.3 Å². The number of rotatable bonds is 38. The maximum absolute atomic E-state index is 12.7. The van der Waals surface area contributed by atoms with Gasteiger partial charge >= 0.3 is 17.9 Å². The highest BCUT2D eigenvalue weighted by Gasteiger charge is 2.19. The molecule has 0 rings (SSSR count). The van der Waals surface area contributed by atoms with Gasteiger partial charge in [0.1, 0.15) is 13.2 Å². The van der Waals surface area contributed by atoms with Crippen LogP contribution >= 0.6 is 0 Å². The summed E-state index contributed by atoms with van der Waals surface area (Å²) < 4.78 is 16.6. The first-order valence-corrected chi connectivity index (χ1v) is 22.3. The molecule has 0 fully saturated rings. The number of esters is 3. The van der Waals surface area contributed by atoms with Crippen LogP contribution in [0.15, 0.2) is 97.2 Å². The lowest BCUT2D eigenvalue weighted by molar-refractivity contribution is -0.167. The molecule has 0 aliphatic rings. The summed E-state index contributed by atoms with van der Waals surface area (Å²) >= 11 is 0. The molecule has 0 aromatic rings. The fourth-order valence-electron chi connectivity index (χ4n) is 5.59. The molecular weight excluding hydrogens is 697 g/mol. The van der Waals surface area contributed by atoms with Gasteiger partial charge in [0.05, 0.1) is 0 Å². The Bertz CT molecular complexity index is 1170. The van der Waals surface area contributed by atoms with Gasteiger partial charge in [-0.05, 0) is 89.9 Å². The molecule has 0 N–H and O–H groups in total. The summed E-state index contributed by atoms with van der Waals surface area (Å²) in [5.74, 6) is -1.00. The quantitative estimate of drug-likeness (QED) is 0.0204. The first-order valence-electron chi connectivity index (χ1n) is 22.3. The summed E-state index contributed by atoms with van der Waals surface area (Å²) in [6, 6.07) is 0. The molecule has 0 saturated heterocycles. The van der Waals surface area contributed by atoms with Crippen LogP contribution in [-0.4, -0.2) is 37.2 Å². The molecule has 0 heterocycles.